The third-order valence-electron chi connectivity index (χ3n) is 6.54. The molecule has 0 N–H and O–H groups in total. The smallest absolute Gasteiger partial charge is 0.493 e. The van der Waals surface area contributed by atoms with Crippen LogP contribution >= 0.6 is 0 Å². The summed E-state index contributed by atoms with van der Waals surface area (Å²) in [5, 5.41) is 0. The van der Waals surface area contributed by atoms with Crippen LogP contribution in [-0.4, -0.2) is 74.1 Å². The van der Waals surface area contributed by atoms with Gasteiger partial charge < -0.3 is 28.6 Å². The van der Waals surface area contributed by atoms with Crippen LogP contribution < -0.4 is 14.2 Å². The number of halogens is 3. The third-order valence-corrected chi connectivity index (χ3v) is 6.54. The first kappa shape index (κ1) is 29.9. The maximum atomic E-state index is 13.5. The summed E-state index contributed by atoms with van der Waals surface area (Å²) >= 11 is 0. The van der Waals surface area contributed by atoms with Gasteiger partial charge in [-0.25, -0.2) is 4.98 Å². The van der Waals surface area contributed by atoms with Crippen molar-refractivity contribution in [3.05, 3.63) is 47.7 Å². The number of carbonyl (C=O) groups excluding carboxylic acids is 1. The number of nitrogens with zero attached hydrogens (tertiary/aromatic N) is 2. The van der Waals surface area contributed by atoms with Crippen LogP contribution in [0, 0.1) is 5.92 Å². The van der Waals surface area contributed by atoms with Gasteiger partial charge in [-0.1, -0.05) is 19.9 Å². The van der Waals surface area contributed by atoms with Crippen molar-refractivity contribution in [2.45, 2.75) is 58.0 Å². The Morgan fingerprint density at radius 3 is 2.62 bits per heavy atom. The lowest BCUT2D eigenvalue weighted by Gasteiger charge is -2.41. The number of carbonyl (C=O) groups is 1. The molecule has 2 saturated heterocycles. The third kappa shape index (κ3) is 6.97. The number of ether oxygens (including phenoxy) is 6. The molecule has 1 aromatic carbocycles. The lowest BCUT2D eigenvalue weighted by atomic mass is 9.85. The van der Waals surface area contributed by atoms with Crippen LogP contribution in [0.5, 0.6) is 17.4 Å². The van der Waals surface area contributed by atoms with E-state index in [1.807, 2.05) is 26.0 Å². The highest BCUT2D eigenvalue weighted by Gasteiger charge is 2.58. The minimum absolute atomic E-state index is 0.197. The molecule has 0 bridgehead atoms. The molecule has 12 heteroatoms. The minimum atomic E-state index is -4.74. The van der Waals surface area contributed by atoms with Crippen LogP contribution in [0.2, 0.25) is 0 Å². The molecule has 4 rings (SSSR count). The molecular formula is C28H35F3N2O7. The largest absolute Gasteiger partial charge is 0.522 e. The highest BCUT2D eigenvalue weighted by Crippen LogP contribution is 2.48. The number of hydrogen-bond acceptors (Lipinski definition) is 8. The zero-order valence-electron chi connectivity index (χ0n) is 23.2. The van der Waals surface area contributed by atoms with E-state index in [0.29, 0.717) is 42.6 Å². The molecule has 2 fully saturated rings. The summed E-state index contributed by atoms with van der Waals surface area (Å²) in [6.07, 6.45) is -4.77. The first-order valence-corrected chi connectivity index (χ1v) is 13.1. The van der Waals surface area contributed by atoms with Crippen molar-refractivity contribution in [2.75, 3.05) is 40.0 Å². The van der Waals surface area contributed by atoms with Gasteiger partial charge in [0.05, 0.1) is 32.6 Å². The number of hydrogen-bond donors (Lipinski definition) is 0. The van der Waals surface area contributed by atoms with Gasteiger partial charge in [-0.2, -0.15) is 0 Å². The number of alkyl halides is 3. The van der Waals surface area contributed by atoms with Gasteiger partial charge in [-0.05, 0) is 44.0 Å². The predicted octanol–water partition coefficient (Wildman–Crippen LogP) is 4.93. The van der Waals surface area contributed by atoms with Crippen molar-refractivity contribution < 1.29 is 46.4 Å². The summed E-state index contributed by atoms with van der Waals surface area (Å²) in [6, 6.07) is 10.1. The molecule has 0 spiro atoms. The van der Waals surface area contributed by atoms with E-state index in [4.69, 9.17) is 28.7 Å². The second-order valence-electron chi connectivity index (χ2n) is 10.6. The Morgan fingerprint density at radius 2 is 1.93 bits per heavy atom. The first-order chi connectivity index (χ1) is 18.8. The van der Waals surface area contributed by atoms with Gasteiger partial charge >= 0.3 is 6.36 Å². The number of aromatic nitrogens is 1. The second kappa shape index (κ2) is 11.8. The average molecular weight is 569 g/mol. The monoisotopic (exact) mass is 568 g/mol. The molecule has 0 unspecified atom stereocenters. The molecule has 0 saturated carbocycles. The van der Waals surface area contributed by atoms with Gasteiger partial charge in [-0.15, -0.1) is 13.2 Å². The zero-order valence-corrected chi connectivity index (χ0v) is 23.2. The molecule has 2 aliphatic rings. The fraction of sp³-hybridized carbons (Fsp3) is 0.571. The van der Waals surface area contributed by atoms with Crippen LogP contribution in [-0.2, 0) is 19.8 Å². The number of pyridine rings is 1. The number of amides is 1. The molecule has 2 aromatic rings. The second-order valence-corrected chi connectivity index (χ2v) is 10.6. The van der Waals surface area contributed by atoms with Crippen molar-refractivity contribution in [1.29, 1.82) is 0 Å². The number of fused-ring (bicyclic) bond motifs is 1. The highest BCUT2D eigenvalue weighted by atomic mass is 19.4. The Kier molecular flexibility index (Phi) is 8.81. The summed E-state index contributed by atoms with van der Waals surface area (Å²) in [7, 11) is 1.38. The van der Waals surface area contributed by atoms with Crippen LogP contribution in [0.15, 0.2) is 36.4 Å². The van der Waals surface area contributed by atoms with Crippen molar-refractivity contribution in [2.24, 2.45) is 5.92 Å². The minimum Gasteiger partial charge on any atom is -0.493 e. The van der Waals surface area contributed by atoms with Crippen LogP contribution in [0.25, 0.3) is 0 Å². The van der Waals surface area contributed by atoms with Crippen molar-refractivity contribution >= 4 is 5.91 Å². The van der Waals surface area contributed by atoms with E-state index in [1.165, 1.54) is 19.2 Å². The van der Waals surface area contributed by atoms with Gasteiger partial charge in [-0.3, -0.25) is 9.53 Å². The van der Waals surface area contributed by atoms with Gasteiger partial charge in [0.15, 0.2) is 17.3 Å². The van der Waals surface area contributed by atoms with E-state index in [9.17, 15) is 18.0 Å². The van der Waals surface area contributed by atoms with Crippen molar-refractivity contribution in [3.63, 3.8) is 0 Å². The van der Waals surface area contributed by atoms with Crippen molar-refractivity contribution in [1.82, 2.24) is 9.88 Å². The van der Waals surface area contributed by atoms with E-state index < -0.39 is 30.5 Å². The topological polar surface area (TPSA) is 88.6 Å². The molecule has 2 aliphatic heterocycles. The number of methoxy groups -OCH3 is 1. The standard InChI is InChI=1S/C28H35F3N2O7/c1-18(2)17-37-24-8-6-7-22(32-24)27-11-12-33(16-23(27)39-26(3,4)40-27)25(34)19-9-10-20(21(15-19)35-5)36-13-14-38-28(29,30)31/h6-10,15,18,23H,11-14,16-17H2,1-5H3/t23-,27-/m1/s1. The molecular weight excluding hydrogens is 533 g/mol. The maximum absolute atomic E-state index is 13.5. The molecule has 40 heavy (non-hydrogen) atoms. The van der Waals surface area contributed by atoms with E-state index >= 15 is 0 Å². The first-order valence-electron chi connectivity index (χ1n) is 13.1. The fourth-order valence-electron chi connectivity index (χ4n) is 4.88. The van der Waals surface area contributed by atoms with Crippen molar-refractivity contribution in [3.8, 4) is 17.4 Å². The number of likely N-dealkylation sites (tertiary alicyclic amines) is 1. The Hall–Kier alpha value is -3.09. The summed E-state index contributed by atoms with van der Waals surface area (Å²) < 4.78 is 69.6. The SMILES string of the molecule is COc1cc(C(=O)N2CC[C@]3(c4cccc(OCC(C)C)n4)OC(C)(C)O[C@@H]3C2)ccc1OCCOC(F)(F)F. The van der Waals surface area contributed by atoms with Crippen LogP contribution in [0.4, 0.5) is 13.2 Å². The van der Waals surface area contributed by atoms with E-state index in [-0.39, 0.29) is 30.6 Å². The number of rotatable bonds is 10. The van der Waals surface area contributed by atoms with Gasteiger partial charge in [0.1, 0.15) is 18.3 Å². The highest BCUT2D eigenvalue weighted by molar-refractivity contribution is 5.95. The lowest BCUT2D eigenvalue weighted by molar-refractivity contribution is -0.325. The summed E-state index contributed by atoms with van der Waals surface area (Å²) in [4.78, 5) is 19.9. The normalized spacial score (nSPS) is 22.2. The van der Waals surface area contributed by atoms with Gasteiger partial charge in [0.2, 0.25) is 5.88 Å². The molecule has 1 amide bonds. The molecule has 220 valence electrons. The molecule has 0 radical (unpaired) electrons. The zero-order chi connectivity index (χ0) is 29.1. The summed E-state index contributed by atoms with van der Waals surface area (Å²) in [6.45, 7) is 7.95. The van der Waals surface area contributed by atoms with Crippen LogP contribution in [0.1, 0.15) is 50.2 Å². The summed E-state index contributed by atoms with van der Waals surface area (Å²) in [5.74, 6) is 0.117. The Balaban J connectivity index is 1.48. The predicted molar refractivity (Wildman–Crippen MR) is 137 cm³/mol. The molecule has 0 aliphatic carbocycles. The molecule has 3 heterocycles. The van der Waals surface area contributed by atoms with Crippen LogP contribution in [0.3, 0.4) is 0 Å². The Bertz CT molecular complexity index is 1190. The lowest BCUT2D eigenvalue weighted by Crippen LogP contribution is -2.53. The summed E-state index contributed by atoms with van der Waals surface area (Å²) in [5.41, 5.74) is 0.170. The van der Waals surface area contributed by atoms with Gasteiger partial charge in [0, 0.05) is 24.6 Å². The van der Waals surface area contributed by atoms with E-state index in [1.54, 1.807) is 17.0 Å². The number of benzene rings is 1. The average Bonchev–Trinajstić information content (AvgIpc) is 3.19. The maximum Gasteiger partial charge on any atom is 0.522 e. The van der Waals surface area contributed by atoms with E-state index in [2.05, 4.69) is 18.6 Å². The number of piperidine rings is 1. The Morgan fingerprint density at radius 1 is 1.15 bits per heavy atom. The quantitative estimate of drug-likeness (QED) is 0.373. The Labute approximate surface area is 231 Å². The fourth-order valence-corrected chi connectivity index (χ4v) is 4.88. The molecule has 2 atom stereocenters. The van der Waals surface area contributed by atoms with Gasteiger partial charge in [0.25, 0.3) is 5.91 Å². The van der Waals surface area contributed by atoms with E-state index in [0.717, 1.165) is 0 Å². The molecule has 1 aromatic heterocycles. The molecule has 9 nitrogen and oxygen atoms in total.